The van der Waals surface area contributed by atoms with Crippen molar-refractivity contribution in [3.8, 4) is 0 Å². The summed E-state index contributed by atoms with van der Waals surface area (Å²) in [7, 11) is 0. The van der Waals surface area contributed by atoms with E-state index in [0.29, 0.717) is 23.4 Å². The third kappa shape index (κ3) is 5.20. The average molecular weight is 404 g/mol. The lowest BCUT2D eigenvalue weighted by atomic mass is 9.97. The number of nitrogens with two attached hydrogens (primary N) is 1. The SMILES string of the molecule is CC(C)(C)OC(=O)N1CCCC(OCc2ccccc2C(N)=O)C1C1=COCO1. The molecule has 1 aromatic rings. The normalized spacial score (nSPS) is 21.8. The molecule has 2 amide bonds. The van der Waals surface area contributed by atoms with E-state index in [-0.39, 0.29) is 19.5 Å². The molecule has 0 bridgehead atoms. The number of nitrogens with zero attached hydrogens (tertiary/aromatic N) is 1. The molecule has 29 heavy (non-hydrogen) atoms. The van der Waals surface area contributed by atoms with Crippen LogP contribution in [0.15, 0.2) is 36.3 Å². The van der Waals surface area contributed by atoms with Gasteiger partial charge in [0.1, 0.15) is 17.9 Å². The highest BCUT2D eigenvalue weighted by Gasteiger charge is 2.41. The van der Waals surface area contributed by atoms with Gasteiger partial charge in [0.25, 0.3) is 0 Å². The van der Waals surface area contributed by atoms with Crippen molar-refractivity contribution in [3.63, 3.8) is 0 Å². The summed E-state index contributed by atoms with van der Waals surface area (Å²) < 4.78 is 22.5. The van der Waals surface area contributed by atoms with Crippen molar-refractivity contribution in [2.75, 3.05) is 13.3 Å². The topological polar surface area (TPSA) is 100 Å². The van der Waals surface area contributed by atoms with E-state index in [1.807, 2.05) is 26.8 Å². The predicted molar refractivity (Wildman–Crippen MR) is 105 cm³/mol. The lowest BCUT2D eigenvalue weighted by Gasteiger charge is -2.41. The summed E-state index contributed by atoms with van der Waals surface area (Å²) in [6.07, 6.45) is 2.23. The third-order valence-electron chi connectivity index (χ3n) is 4.72. The Balaban J connectivity index is 1.79. The maximum atomic E-state index is 12.8. The Morgan fingerprint density at radius 2 is 2.03 bits per heavy atom. The molecule has 2 aliphatic rings. The second-order valence-electron chi connectivity index (χ2n) is 8.08. The molecule has 0 radical (unpaired) electrons. The Bertz CT molecular complexity index is 786. The number of likely N-dealkylation sites (tertiary alicyclic amines) is 1. The fourth-order valence-electron chi connectivity index (χ4n) is 3.49. The van der Waals surface area contributed by atoms with E-state index < -0.39 is 23.6 Å². The van der Waals surface area contributed by atoms with Gasteiger partial charge in [-0.2, -0.15) is 0 Å². The number of carbonyl (C=O) groups excluding carboxylic acids is 2. The summed E-state index contributed by atoms with van der Waals surface area (Å²) in [6, 6.07) is 6.58. The molecule has 2 aliphatic heterocycles. The number of primary amides is 1. The fourth-order valence-corrected chi connectivity index (χ4v) is 3.49. The molecule has 2 atom stereocenters. The van der Waals surface area contributed by atoms with Crippen LogP contribution in [0.3, 0.4) is 0 Å². The third-order valence-corrected chi connectivity index (χ3v) is 4.72. The maximum absolute atomic E-state index is 12.8. The highest BCUT2D eigenvalue weighted by atomic mass is 16.7. The molecule has 2 heterocycles. The molecule has 1 fully saturated rings. The largest absolute Gasteiger partial charge is 0.462 e. The smallest absolute Gasteiger partial charge is 0.411 e. The van der Waals surface area contributed by atoms with E-state index in [1.165, 1.54) is 6.26 Å². The number of hydrogen-bond donors (Lipinski definition) is 1. The zero-order valence-corrected chi connectivity index (χ0v) is 17.1. The number of piperidine rings is 1. The molecule has 158 valence electrons. The minimum Gasteiger partial charge on any atom is -0.462 e. The number of carbonyl (C=O) groups is 2. The zero-order chi connectivity index (χ0) is 21.0. The molecule has 2 N–H and O–H groups in total. The molecule has 0 spiro atoms. The standard InChI is InChI=1S/C21H28N2O6/c1-21(2,3)29-20(25)23-10-6-9-16(18(23)17-12-26-13-28-17)27-11-14-7-4-5-8-15(14)19(22)24/h4-5,7-8,12,16,18H,6,9-11,13H2,1-3H3,(H2,22,24). The van der Waals surface area contributed by atoms with E-state index in [2.05, 4.69) is 0 Å². The number of ether oxygens (including phenoxy) is 4. The molecule has 8 heteroatoms. The Morgan fingerprint density at radius 3 is 2.69 bits per heavy atom. The van der Waals surface area contributed by atoms with Gasteiger partial charge in [-0.05, 0) is 45.2 Å². The Kier molecular flexibility index (Phi) is 6.32. The van der Waals surface area contributed by atoms with Crippen molar-refractivity contribution < 1.29 is 28.5 Å². The lowest BCUT2D eigenvalue weighted by Crippen LogP contribution is -2.54. The van der Waals surface area contributed by atoms with Gasteiger partial charge in [-0.3, -0.25) is 9.69 Å². The summed E-state index contributed by atoms with van der Waals surface area (Å²) in [6.45, 7) is 6.30. The van der Waals surface area contributed by atoms with Gasteiger partial charge >= 0.3 is 6.09 Å². The molecule has 2 unspecified atom stereocenters. The number of rotatable bonds is 5. The number of benzene rings is 1. The van der Waals surface area contributed by atoms with Crippen LogP contribution in [0, 0.1) is 0 Å². The first kappa shape index (κ1) is 21.0. The van der Waals surface area contributed by atoms with Crippen LogP contribution < -0.4 is 5.73 Å². The monoisotopic (exact) mass is 404 g/mol. The minimum atomic E-state index is -0.614. The van der Waals surface area contributed by atoms with Gasteiger partial charge in [-0.25, -0.2) is 4.79 Å². The Labute approximate surface area is 170 Å². The van der Waals surface area contributed by atoms with Crippen molar-refractivity contribution in [3.05, 3.63) is 47.4 Å². The fraction of sp³-hybridized carbons (Fsp3) is 0.524. The van der Waals surface area contributed by atoms with Crippen LogP contribution in [0.4, 0.5) is 4.79 Å². The van der Waals surface area contributed by atoms with E-state index in [4.69, 9.17) is 24.7 Å². The molecule has 1 aromatic carbocycles. The van der Waals surface area contributed by atoms with Crippen LogP contribution in [-0.4, -0.2) is 48.0 Å². The summed E-state index contributed by atoms with van der Waals surface area (Å²) in [4.78, 5) is 26.1. The first-order valence-corrected chi connectivity index (χ1v) is 9.69. The van der Waals surface area contributed by atoms with E-state index in [0.717, 1.165) is 12.8 Å². The van der Waals surface area contributed by atoms with Gasteiger partial charge in [-0.1, -0.05) is 18.2 Å². The van der Waals surface area contributed by atoms with Gasteiger partial charge in [0, 0.05) is 12.1 Å². The van der Waals surface area contributed by atoms with Crippen molar-refractivity contribution in [1.82, 2.24) is 4.90 Å². The maximum Gasteiger partial charge on any atom is 0.411 e. The first-order chi connectivity index (χ1) is 13.8. The Hall–Kier alpha value is -2.74. The second-order valence-corrected chi connectivity index (χ2v) is 8.08. The highest BCUT2D eigenvalue weighted by Crippen LogP contribution is 2.31. The number of hydrogen-bond acceptors (Lipinski definition) is 6. The highest BCUT2D eigenvalue weighted by molar-refractivity contribution is 5.94. The van der Waals surface area contributed by atoms with Crippen molar-refractivity contribution in [1.29, 1.82) is 0 Å². The molecule has 8 nitrogen and oxygen atoms in total. The van der Waals surface area contributed by atoms with Crippen LogP contribution in [0.5, 0.6) is 0 Å². The van der Waals surface area contributed by atoms with Crippen LogP contribution in [0.2, 0.25) is 0 Å². The molecule has 0 saturated carbocycles. The predicted octanol–water partition coefficient (Wildman–Crippen LogP) is 2.92. The van der Waals surface area contributed by atoms with Crippen molar-refractivity contribution in [2.24, 2.45) is 5.73 Å². The van der Waals surface area contributed by atoms with E-state index >= 15 is 0 Å². The minimum absolute atomic E-state index is 0.102. The molecule has 1 saturated heterocycles. The quantitative estimate of drug-likeness (QED) is 0.810. The second kappa shape index (κ2) is 8.73. The lowest BCUT2D eigenvalue weighted by molar-refractivity contribution is -0.0632. The van der Waals surface area contributed by atoms with E-state index in [1.54, 1.807) is 23.1 Å². The Morgan fingerprint density at radius 1 is 1.28 bits per heavy atom. The summed E-state index contributed by atoms with van der Waals surface area (Å²) >= 11 is 0. The molecule has 0 aromatic heterocycles. The van der Waals surface area contributed by atoms with Gasteiger partial charge in [-0.15, -0.1) is 0 Å². The van der Waals surface area contributed by atoms with Crippen LogP contribution >= 0.6 is 0 Å². The zero-order valence-electron chi connectivity index (χ0n) is 17.1. The van der Waals surface area contributed by atoms with Crippen LogP contribution in [0.1, 0.15) is 49.5 Å². The molecular formula is C21H28N2O6. The van der Waals surface area contributed by atoms with Crippen LogP contribution in [-0.2, 0) is 25.6 Å². The summed E-state index contributed by atoms with van der Waals surface area (Å²) in [5.74, 6) is 0.0266. The van der Waals surface area contributed by atoms with Gasteiger partial charge in [0.2, 0.25) is 12.7 Å². The van der Waals surface area contributed by atoms with Gasteiger partial charge < -0.3 is 24.7 Å². The molecule has 3 rings (SSSR count). The van der Waals surface area contributed by atoms with Gasteiger partial charge in [0.05, 0.1) is 12.7 Å². The van der Waals surface area contributed by atoms with Crippen molar-refractivity contribution >= 4 is 12.0 Å². The number of amides is 2. The average Bonchev–Trinajstić information content (AvgIpc) is 3.19. The van der Waals surface area contributed by atoms with Crippen molar-refractivity contribution in [2.45, 2.75) is 58.0 Å². The van der Waals surface area contributed by atoms with Gasteiger partial charge in [0.15, 0.2) is 5.76 Å². The molecule has 0 aliphatic carbocycles. The summed E-state index contributed by atoms with van der Waals surface area (Å²) in [5.41, 5.74) is 5.97. The molecular weight excluding hydrogens is 376 g/mol. The first-order valence-electron chi connectivity index (χ1n) is 9.69. The summed E-state index contributed by atoms with van der Waals surface area (Å²) in [5, 5.41) is 0. The van der Waals surface area contributed by atoms with E-state index in [9.17, 15) is 9.59 Å². The van der Waals surface area contributed by atoms with Crippen LogP contribution in [0.25, 0.3) is 0 Å².